The molecular weight excluding hydrogens is 258 g/mol. The van der Waals surface area contributed by atoms with E-state index in [9.17, 15) is 15.2 Å². The highest BCUT2D eigenvalue weighted by atomic mass is 16.6. The molecule has 2 rings (SSSR count). The highest BCUT2D eigenvalue weighted by molar-refractivity contribution is 5.56. The van der Waals surface area contributed by atoms with Gasteiger partial charge in [0, 0.05) is 30.9 Å². The zero-order valence-corrected chi connectivity index (χ0v) is 12.0. The topological polar surface area (TPSA) is 69.9 Å². The third-order valence-corrected chi connectivity index (χ3v) is 3.92. The van der Waals surface area contributed by atoms with Crippen LogP contribution >= 0.6 is 0 Å². The van der Waals surface area contributed by atoms with E-state index >= 15 is 0 Å². The average Bonchev–Trinajstić information content (AvgIpc) is 2.46. The molecule has 0 amide bonds. The number of hydrogen-bond acceptors (Lipinski definition) is 5. The molecule has 0 aliphatic carbocycles. The molecule has 0 aromatic heterocycles. The fourth-order valence-electron chi connectivity index (χ4n) is 2.68. The molecule has 1 aliphatic rings. The van der Waals surface area contributed by atoms with E-state index in [2.05, 4.69) is 23.9 Å². The highest BCUT2D eigenvalue weighted by Gasteiger charge is 2.23. The second-order valence-electron chi connectivity index (χ2n) is 5.43. The number of aliphatic hydroxyl groups excluding tert-OH is 1. The van der Waals surface area contributed by atoms with Gasteiger partial charge in [0.15, 0.2) is 0 Å². The van der Waals surface area contributed by atoms with Gasteiger partial charge in [-0.25, -0.2) is 0 Å². The number of likely N-dealkylation sites (N-methyl/N-ethyl adjacent to an activating group) is 1. The fraction of sp³-hybridized carbons (Fsp3) is 0.571. The summed E-state index contributed by atoms with van der Waals surface area (Å²) in [5.74, 6) is 0. The normalized spacial score (nSPS) is 19.4. The lowest BCUT2D eigenvalue weighted by atomic mass is 10.0. The molecule has 0 saturated carbocycles. The lowest BCUT2D eigenvalue weighted by molar-refractivity contribution is -0.385. The molecule has 0 spiro atoms. The maximum Gasteiger partial charge on any atom is 0.275 e. The van der Waals surface area contributed by atoms with E-state index in [1.54, 1.807) is 12.1 Å². The Kier molecular flexibility index (Phi) is 4.57. The van der Waals surface area contributed by atoms with Crippen molar-refractivity contribution in [3.05, 3.63) is 33.9 Å². The Balaban J connectivity index is 2.22. The van der Waals surface area contributed by atoms with Crippen LogP contribution in [0.4, 0.5) is 11.4 Å². The van der Waals surface area contributed by atoms with Crippen molar-refractivity contribution in [2.75, 3.05) is 32.1 Å². The molecule has 20 heavy (non-hydrogen) atoms. The summed E-state index contributed by atoms with van der Waals surface area (Å²) in [6.07, 6.45) is 2.28. The lowest BCUT2D eigenvalue weighted by Gasteiger charge is -2.37. The Morgan fingerprint density at radius 3 is 2.85 bits per heavy atom. The van der Waals surface area contributed by atoms with Crippen LogP contribution in [0.3, 0.4) is 0 Å². The van der Waals surface area contributed by atoms with Crippen LogP contribution in [0.2, 0.25) is 0 Å². The summed E-state index contributed by atoms with van der Waals surface area (Å²) < 4.78 is 0. The van der Waals surface area contributed by atoms with E-state index < -0.39 is 4.92 Å². The van der Waals surface area contributed by atoms with Crippen molar-refractivity contribution >= 4 is 11.4 Å². The fourth-order valence-corrected chi connectivity index (χ4v) is 2.68. The zero-order valence-electron chi connectivity index (χ0n) is 12.0. The van der Waals surface area contributed by atoms with E-state index in [-0.39, 0.29) is 12.3 Å². The molecule has 1 saturated heterocycles. The molecule has 0 radical (unpaired) electrons. The van der Waals surface area contributed by atoms with Crippen molar-refractivity contribution in [2.45, 2.75) is 25.5 Å². The van der Waals surface area contributed by atoms with Crippen LogP contribution in [-0.4, -0.2) is 48.2 Å². The SMILES string of the molecule is CN(C)C1CCCN(c2ccc([N+](=O)[O-])c(CO)c2)C1. The molecule has 1 fully saturated rings. The molecule has 1 aliphatic heterocycles. The van der Waals surface area contributed by atoms with E-state index in [4.69, 9.17) is 0 Å². The molecule has 6 heteroatoms. The number of piperidine rings is 1. The molecule has 1 heterocycles. The van der Waals surface area contributed by atoms with Gasteiger partial charge < -0.3 is 14.9 Å². The monoisotopic (exact) mass is 279 g/mol. The van der Waals surface area contributed by atoms with Crippen molar-refractivity contribution < 1.29 is 10.0 Å². The minimum absolute atomic E-state index is 0.0163. The van der Waals surface area contributed by atoms with Gasteiger partial charge in [-0.3, -0.25) is 10.1 Å². The Bertz CT molecular complexity index is 491. The molecule has 1 atom stereocenters. The first-order chi connectivity index (χ1) is 9.52. The molecule has 6 nitrogen and oxygen atoms in total. The second-order valence-corrected chi connectivity index (χ2v) is 5.43. The molecule has 1 unspecified atom stereocenters. The molecule has 1 N–H and O–H groups in total. The lowest BCUT2D eigenvalue weighted by Crippen LogP contribution is -2.45. The highest BCUT2D eigenvalue weighted by Crippen LogP contribution is 2.27. The first-order valence-electron chi connectivity index (χ1n) is 6.82. The molecular formula is C14H21N3O3. The van der Waals surface area contributed by atoms with E-state index in [1.807, 2.05) is 0 Å². The van der Waals surface area contributed by atoms with Crippen molar-refractivity contribution in [3.8, 4) is 0 Å². The average molecular weight is 279 g/mol. The van der Waals surface area contributed by atoms with Gasteiger partial charge in [-0.05, 0) is 39.1 Å². The van der Waals surface area contributed by atoms with Crippen molar-refractivity contribution in [1.29, 1.82) is 0 Å². The number of nitro benzene ring substituents is 1. The van der Waals surface area contributed by atoms with Gasteiger partial charge in [0.25, 0.3) is 5.69 Å². The summed E-state index contributed by atoms with van der Waals surface area (Å²) in [5.41, 5.74) is 1.31. The maximum absolute atomic E-state index is 10.9. The van der Waals surface area contributed by atoms with Gasteiger partial charge in [0.05, 0.1) is 17.1 Å². The van der Waals surface area contributed by atoms with Crippen LogP contribution in [0.5, 0.6) is 0 Å². The Morgan fingerprint density at radius 1 is 1.50 bits per heavy atom. The minimum atomic E-state index is -0.450. The first-order valence-corrected chi connectivity index (χ1v) is 6.82. The number of aliphatic hydroxyl groups is 1. The van der Waals surface area contributed by atoms with Gasteiger partial charge >= 0.3 is 0 Å². The first kappa shape index (κ1) is 14.7. The van der Waals surface area contributed by atoms with E-state index in [0.29, 0.717) is 11.6 Å². The van der Waals surface area contributed by atoms with Gasteiger partial charge in [-0.15, -0.1) is 0 Å². The van der Waals surface area contributed by atoms with Crippen LogP contribution in [0.15, 0.2) is 18.2 Å². The Hall–Kier alpha value is -1.66. The predicted molar refractivity (Wildman–Crippen MR) is 77.9 cm³/mol. The summed E-state index contributed by atoms with van der Waals surface area (Å²) in [7, 11) is 4.15. The smallest absolute Gasteiger partial charge is 0.275 e. The summed E-state index contributed by atoms with van der Waals surface area (Å²) in [6, 6.07) is 5.49. The van der Waals surface area contributed by atoms with Gasteiger partial charge in [-0.2, -0.15) is 0 Å². The summed E-state index contributed by atoms with van der Waals surface area (Å²) in [6.45, 7) is 1.55. The van der Waals surface area contributed by atoms with Gasteiger partial charge in [-0.1, -0.05) is 0 Å². The van der Waals surface area contributed by atoms with E-state index in [0.717, 1.165) is 25.2 Å². The minimum Gasteiger partial charge on any atom is -0.391 e. The third kappa shape index (κ3) is 3.08. The Morgan fingerprint density at radius 2 is 2.25 bits per heavy atom. The van der Waals surface area contributed by atoms with Crippen molar-refractivity contribution in [2.24, 2.45) is 0 Å². The molecule has 110 valence electrons. The van der Waals surface area contributed by atoms with Crippen LogP contribution < -0.4 is 4.90 Å². The molecule has 0 bridgehead atoms. The van der Waals surface area contributed by atoms with Gasteiger partial charge in [0.1, 0.15) is 0 Å². The van der Waals surface area contributed by atoms with E-state index in [1.165, 1.54) is 12.5 Å². The predicted octanol–water partition coefficient (Wildman–Crippen LogP) is 1.62. The zero-order chi connectivity index (χ0) is 14.7. The van der Waals surface area contributed by atoms with Crippen LogP contribution in [-0.2, 0) is 6.61 Å². The quantitative estimate of drug-likeness (QED) is 0.670. The molecule has 1 aromatic carbocycles. The van der Waals surface area contributed by atoms with Crippen LogP contribution in [0.1, 0.15) is 18.4 Å². The second kappa shape index (κ2) is 6.19. The number of nitrogens with zero attached hydrogens (tertiary/aromatic N) is 3. The van der Waals surface area contributed by atoms with Crippen molar-refractivity contribution in [1.82, 2.24) is 4.90 Å². The number of rotatable bonds is 4. The third-order valence-electron chi connectivity index (χ3n) is 3.92. The Labute approximate surface area is 118 Å². The van der Waals surface area contributed by atoms with Crippen molar-refractivity contribution in [3.63, 3.8) is 0 Å². The van der Waals surface area contributed by atoms with Gasteiger partial charge in [0.2, 0.25) is 0 Å². The number of anilines is 1. The maximum atomic E-state index is 10.9. The largest absolute Gasteiger partial charge is 0.391 e. The summed E-state index contributed by atoms with van der Waals surface area (Å²) in [4.78, 5) is 14.9. The molecule has 1 aromatic rings. The van der Waals surface area contributed by atoms with Crippen LogP contribution in [0.25, 0.3) is 0 Å². The summed E-state index contributed by atoms with van der Waals surface area (Å²) in [5, 5.41) is 20.2. The standard InChI is InChI=1S/C14H21N3O3/c1-15(2)13-4-3-7-16(9-13)12-5-6-14(17(19)20)11(8-12)10-18/h5-6,8,13,18H,3-4,7,9-10H2,1-2H3. The summed E-state index contributed by atoms with van der Waals surface area (Å²) >= 11 is 0. The number of hydrogen-bond donors (Lipinski definition) is 1. The number of nitro groups is 1. The number of benzene rings is 1. The van der Waals surface area contributed by atoms with Crippen LogP contribution in [0, 0.1) is 10.1 Å².